The molecule has 6 nitrogen and oxygen atoms in total. The van der Waals surface area contributed by atoms with Crippen LogP contribution < -0.4 is 4.74 Å². The van der Waals surface area contributed by atoms with Crippen molar-refractivity contribution in [3.63, 3.8) is 0 Å². The van der Waals surface area contributed by atoms with Crippen molar-refractivity contribution in [3.8, 4) is 17.1 Å². The van der Waals surface area contributed by atoms with Crippen LogP contribution in [-0.2, 0) is 17.6 Å². The lowest BCUT2D eigenvalue weighted by Crippen LogP contribution is -2.49. The van der Waals surface area contributed by atoms with Crippen LogP contribution in [0.15, 0.2) is 59.1 Å². The van der Waals surface area contributed by atoms with Crippen LogP contribution in [0.4, 0.5) is 0 Å². The molecule has 32 heavy (non-hydrogen) atoms. The van der Waals surface area contributed by atoms with Gasteiger partial charge in [0, 0.05) is 51.1 Å². The van der Waals surface area contributed by atoms with Crippen molar-refractivity contribution in [1.82, 2.24) is 14.8 Å². The Morgan fingerprint density at radius 1 is 1.06 bits per heavy atom. The van der Waals surface area contributed by atoms with E-state index in [0.717, 1.165) is 50.5 Å². The largest absolute Gasteiger partial charge is 0.497 e. The van der Waals surface area contributed by atoms with E-state index in [0.29, 0.717) is 29.5 Å². The van der Waals surface area contributed by atoms with Crippen LogP contribution in [0.2, 0.25) is 5.02 Å². The van der Waals surface area contributed by atoms with Gasteiger partial charge in [-0.2, -0.15) is 0 Å². The van der Waals surface area contributed by atoms with Crippen molar-refractivity contribution < 1.29 is 13.9 Å². The molecule has 7 heteroatoms. The lowest BCUT2D eigenvalue weighted by atomic mass is 10.1. The minimum Gasteiger partial charge on any atom is -0.497 e. The molecule has 0 spiro atoms. The predicted molar refractivity (Wildman–Crippen MR) is 125 cm³/mol. The summed E-state index contributed by atoms with van der Waals surface area (Å²) in [5.74, 6) is 2.22. The fourth-order valence-electron chi connectivity index (χ4n) is 3.88. The quantitative estimate of drug-likeness (QED) is 0.508. The molecule has 0 bridgehead atoms. The van der Waals surface area contributed by atoms with Crippen molar-refractivity contribution in [2.75, 3.05) is 39.8 Å². The third-order valence-electron chi connectivity index (χ3n) is 5.85. The Balaban J connectivity index is 1.20. The number of methoxy groups -OCH3 is 1. The first-order valence-electron chi connectivity index (χ1n) is 10.9. The van der Waals surface area contributed by atoms with Gasteiger partial charge in [-0.25, -0.2) is 4.98 Å². The number of hydrogen-bond acceptors (Lipinski definition) is 5. The maximum Gasteiger partial charge on any atom is 0.223 e. The summed E-state index contributed by atoms with van der Waals surface area (Å²) in [6.07, 6.45) is 3.55. The van der Waals surface area contributed by atoms with Crippen LogP contribution in [0.3, 0.4) is 0 Å². The molecular formula is C25H28ClN3O3. The number of ether oxygens (including phenoxy) is 1. The van der Waals surface area contributed by atoms with Crippen LogP contribution in [0.25, 0.3) is 11.3 Å². The van der Waals surface area contributed by atoms with Gasteiger partial charge in [0.25, 0.3) is 0 Å². The number of piperazine rings is 1. The molecule has 3 aromatic rings. The molecule has 1 aliphatic heterocycles. The second kappa shape index (κ2) is 10.7. The molecule has 1 aliphatic rings. The molecule has 4 rings (SSSR count). The van der Waals surface area contributed by atoms with Gasteiger partial charge in [-0.15, -0.1) is 0 Å². The number of hydrogen-bond donors (Lipinski definition) is 0. The van der Waals surface area contributed by atoms with Crippen molar-refractivity contribution in [1.29, 1.82) is 0 Å². The van der Waals surface area contributed by atoms with E-state index in [1.165, 1.54) is 5.56 Å². The highest BCUT2D eigenvalue weighted by atomic mass is 35.5. The van der Waals surface area contributed by atoms with E-state index in [1.807, 2.05) is 41.3 Å². The van der Waals surface area contributed by atoms with E-state index in [4.69, 9.17) is 20.8 Å². The van der Waals surface area contributed by atoms with Crippen molar-refractivity contribution in [3.05, 3.63) is 71.2 Å². The normalized spacial score (nSPS) is 14.5. The Labute approximate surface area is 193 Å². The molecule has 0 unspecified atom stereocenters. The fourth-order valence-corrected chi connectivity index (χ4v) is 4.11. The minimum atomic E-state index is 0.150. The smallest absolute Gasteiger partial charge is 0.223 e. The molecule has 2 heterocycles. The van der Waals surface area contributed by atoms with Gasteiger partial charge in [0.2, 0.25) is 5.91 Å². The second-order valence-electron chi connectivity index (χ2n) is 7.92. The molecule has 168 valence electrons. The SMILES string of the molecule is COc1ccc(CCN2CCN(C(=O)CCc3ncc(-c4ccccc4Cl)o3)CC2)cc1. The summed E-state index contributed by atoms with van der Waals surface area (Å²) in [6.45, 7) is 4.32. The number of carbonyl (C=O) groups excluding carboxylic acids is 1. The third-order valence-corrected chi connectivity index (χ3v) is 6.18. The van der Waals surface area contributed by atoms with Gasteiger partial charge >= 0.3 is 0 Å². The molecular weight excluding hydrogens is 426 g/mol. The topological polar surface area (TPSA) is 58.8 Å². The van der Waals surface area contributed by atoms with Crippen molar-refractivity contribution >= 4 is 17.5 Å². The molecule has 0 saturated carbocycles. The van der Waals surface area contributed by atoms with E-state index in [1.54, 1.807) is 13.3 Å². The molecule has 0 aliphatic carbocycles. The highest BCUT2D eigenvalue weighted by molar-refractivity contribution is 6.33. The van der Waals surface area contributed by atoms with E-state index in [2.05, 4.69) is 22.0 Å². The number of oxazole rings is 1. The number of carbonyl (C=O) groups is 1. The lowest BCUT2D eigenvalue weighted by Gasteiger charge is -2.34. The van der Waals surface area contributed by atoms with Gasteiger partial charge in [-0.1, -0.05) is 35.9 Å². The standard InChI is InChI=1S/C25H28ClN3O3/c1-31-20-8-6-19(7-9-20)12-13-28-14-16-29(17-15-28)25(30)11-10-24-27-18-23(32-24)21-4-2-3-5-22(21)26/h2-9,18H,10-17H2,1H3. The Morgan fingerprint density at radius 2 is 1.81 bits per heavy atom. The molecule has 0 N–H and O–H groups in total. The van der Waals surface area contributed by atoms with E-state index < -0.39 is 0 Å². The molecule has 1 saturated heterocycles. The Bertz CT molecular complexity index is 1030. The number of aryl methyl sites for hydroxylation is 1. The van der Waals surface area contributed by atoms with E-state index in [9.17, 15) is 4.79 Å². The summed E-state index contributed by atoms with van der Waals surface area (Å²) in [6, 6.07) is 15.7. The molecule has 0 atom stereocenters. The van der Waals surface area contributed by atoms with Crippen LogP contribution in [0.5, 0.6) is 5.75 Å². The van der Waals surface area contributed by atoms with Crippen LogP contribution in [0, 0.1) is 0 Å². The molecule has 2 aromatic carbocycles. The number of amides is 1. The Kier molecular flexibility index (Phi) is 7.45. The number of halogens is 1. The fraction of sp³-hybridized carbons (Fsp3) is 0.360. The summed E-state index contributed by atoms with van der Waals surface area (Å²) in [5, 5.41) is 0.621. The molecule has 1 aromatic heterocycles. The highest BCUT2D eigenvalue weighted by Crippen LogP contribution is 2.28. The summed E-state index contributed by atoms with van der Waals surface area (Å²) in [7, 11) is 1.68. The molecule has 0 radical (unpaired) electrons. The zero-order valence-corrected chi connectivity index (χ0v) is 19.1. The van der Waals surface area contributed by atoms with Gasteiger partial charge in [0.05, 0.1) is 18.3 Å². The highest BCUT2D eigenvalue weighted by Gasteiger charge is 2.21. The lowest BCUT2D eigenvalue weighted by molar-refractivity contribution is -0.133. The Hall–Kier alpha value is -2.83. The van der Waals surface area contributed by atoms with E-state index in [-0.39, 0.29) is 5.91 Å². The number of nitrogens with zero attached hydrogens (tertiary/aromatic N) is 3. The van der Waals surface area contributed by atoms with Gasteiger partial charge in [-0.3, -0.25) is 9.69 Å². The maximum absolute atomic E-state index is 12.7. The summed E-state index contributed by atoms with van der Waals surface area (Å²) < 4.78 is 11.0. The average Bonchev–Trinajstić information content (AvgIpc) is 3.31. The molecule has 1 amide bonds. The van der Waals surface area contributed by atoms with Crippen LogP contribution >= 0.6 is 11.6 Å². The zero-order valence-electron chi connectivity index (χ0n) is 18.3. The monoisotopic (exact) mass is 453 g/mol. The summed E-state index contributed by atoms with van der Waals surface area (Å²) >= 11 is 6.22. The maximum atomic E-state index is 12.7. The van der Waals surface area contributed by atoms with Crippen LogP contribution in [-0.4, -0.2) is 60.5 Å². The van der Waals surface area contributed by atoms with Crippen molar-refractivity contribution in [2.24, 2.45) is 0 Å². The van der Waals surface area contributed by atoms with Gasteiger partial charge in [0.1, 0.15) is 5.75 Å². The second-order valence-corrected chi connectivity index (χ2v) is 8.33. The third kappa shape index (κ3) is 5.69. The summed E-state index contributed by atoms with van der Waals surface area (Å²) in [5.41, 5.74) is 2.11. The first-order valence-corrected chi connectivity index (χ1v) is 11.3. The first kappa shape index (κ1) is 22.4. The number of aromatic nitrogens is 1. The van der Waals surface area contributed by atoms with Gasteiger partial charge in [-0.05, 0) is 36.2 Å². The average molecular weight is 454 g/mol. The first-order chi connectivity index (χ1) is 15.6. The number of benzene rings is 2. The summed E-state index contributed by atoms with van der Waals surface area (Å²) in [4.78, 5) is 21.3. The number of rotatable bonds is 8. The minimum absolute atomic E-state index is 0.150. The Morgan fingerprint density at radius 3 is 2.53 bits per heavy atom. The van der Waals surface area contributed by atoms with E-state index >= 15 is 0 Å². The zero-order chi connectivity index (χ0) is 22.3. The predicted octanol–water partition coefficient (Wildman–Crippen LogP) is 4.32. The van der Waals surface area contributed by atoms with Gasteiger partial charge < -0.3 is 14.1 Å². The van der Waals surface area contributed by atoms with Crippen molar-refractivity contribution in [2.45, 2.75) is 19.3 Å². The van der Waals surface area contributed by atoms with Gasteiger partial charge in [0.15, 0.2) is 11.7 Å². The molecule has 1 fully saturated rings. The van der Waals surface area contributed by atoms with Crippen LogP contribution in [0.1, 0.15) is 17.9 Å².